The molecule has 3 unspecified atom stereocenters. The van der Waals surface area contributed by atoms with Crippen molar-refractivity contribution in [2.45, 2.75) is 64.1 Å². The van der Waals surface area contributed by atoms with Crippen molar-refractivity contribution < 1.29 is 27.6 Å². The second-order valence-corrected chi connectivity index (χ2v) is 13.9. The fourth-order valence-corrected chi connectivity index (χ4v) is 7.17. The largest absolute Gasteiger partial charge is 0.489 e. The quantitative estimate of drug-likeness (QED) is 0.261. The van der Waals surface area contributed by atoms with E-state index in [0.29, 0.717) is 13.0 Å². The van der Waals surface area contributed by atoms with Crippen molar-refractivity contribution in [3.05, 3.63) is 65.7 Å². The first kappa shape index (κ1) is 29.2. The molecule has 0 amide bonds. The number of ether oxygens (including phenoxy) is 2. The molecule has 0 spiro atoms. The van der Waals surface area contributed by atoms with E-state index in [9.17, 15) is 13.6 Å². The second-order valence-electron chi connectivity index (χ2n) is 9.13. The van der Waals surface area contributed by atoms with Crippen LogP contribution in [0.2, 0.25) is 0 Å². The highest BCUT2D eigenvalue weighted by atomic mass is 32.2. The van der Waals surface area contributed by atoms with Crippen molar-refractivity contribution in [1.82, 2.24) is 4.72 Å². The van der Waals surface area contributed by atoms with E-state index in [1.165, 1.54) is 7.11 Å². The summed E-state index contributed by atoms with van der Waals surface area (Å²) < 4.78 is 46.1. The number of benzene rings is 2. The average Bonchev–Trinajstić information content (AvgIpc) is 2.84. The van der Waals surface area contributed by atoms with Crippen molar-refractivity contribution in [2.75, 3.05) is 19.9 Å². The minimum Gasteiger partial charge on any atom is -0.489 e. The number of methoxy groups -OCH3 is 1. The van der Waals surface area contributed by atoms with E-state index in [1.54, 1.807) is 6.92 Å². The Balaban J connectivity index is 2.22. The van der Waals surface area contributed by atoms with Gasteiger partial charge in [0.25, 0.3) is 0 Å². The molecule has 0 radical (unpaired) electrons. The molecule has 0 aromatic heterocycles. The summed E-state index contributed by atoms with van der Waals surface area (Å²) >= 11 is 0. The van der Waals surface area contributed by atoms with E-state index in [2.05, 4.69) is 4.72 Å². The third-order valence-corrected chi connectivity index (χ3v) is 10.0. The van der Waals surface area contributed by atoms with Crippen molar-refractivity contribution in [1.29, 1.82) is 0 Å². The molecule has 2 aromatic rings. The summed E-state index contributed by atoms with van der Waals surface area (Å²) in [6, 6.07) is 17.5. The molecule has 194 valence electrons. The highest BCUT2D eigenvalue weighted by Crippen LogP contribution is 2.53. The van der Waals surface area contributed by atoms with Crippen LogP contribution in [-0.4, -0.2) is 40.6 Å². The Morgan fingerprint density at radius 1 is 1.09 bits per heavy atom. The lowest BCUT2D eigenvalue weighted by molar-refractivity contribution is -0.140. The van der Waals surface area contributed by atoms with Crippen molar-refractivity contribution >= 4 is 24.3 Å². The van der Waals surface area contributed by atoms with Crippen LogP contribution in [0.25, 0.3) is 0 Å². The Morgan fingerprint density at radius 3 is 2.37 bits per heavy atom. The molecule has 35 heavy (non-hydrogen) atoms. The molecular formula is C26H38NO6PS. The van der Waals surface area contributed by atoms with Gasteiger partial charge in [0.1, 0.15) is 12.4 Å². The Bertz CT molecular complexity index is 1010. The van der Waals surface area contributed by atoms with Gasteiger partial charge in [0, 0.05) is 12.6 Å². The van der Waals surface area contributed by atoms with Crippen LogP contribution in [0.15, 0.2) is 54.6 Å². The van der Waals surface area contributed by atoms with Gasteiger partial charge in [-0.3, -0.25) is 9.36 Å². The van der Waals surface area contributed by atoms with E-state index in [4.69, 9.17) is 14.0 Å². The molecule has 7 nitrogen and oxygen atoms in total. The fourth-order valence-electron chi connectivity index (χ4n) is 3.38. The minimum atomic E-state index is -3.35. The topological polar surface area (TPSA) is 90.9 Å². The Labute approximate surface area is 212 Å². The molecule has 0 fully saturated rings. The molecular weight excluding hydrogens is 485 g/mol. The van der Waals surface area contributed by atoms with E-state index in [1.807, 2.05) is 75.4 Å². The maximum absolute atomic E-state index is 14.1. The molecule has 1 N–H and O–H groups in total. The summed E-state index contributed by atoms with van der Waals surface area (Å²) in [5, 5.41) is 0. The number of esters is 1. The third-order valence-electron chi connectivity index (χ3n) is 5.37. The van der Waals surface area contributed by atoms with Gasteiger partial charge in [0.15, 0.2) is 0 Å². The van der Waals surface area contributed by atoms with Crippen LogP contribution in [-0.2, 0) is 42.6 Å². The molecule has 0 saturated carbocycles. The highest BCUT2D eigenvalue weighted by Gasteiger charge is 2.37. The highest BCUT2D eigenvalue weighted by molar-refractivity contribution is 7.84. The summed E-state index contributed by atoms with van der Waals surface area (Å²) in [6.07, 6.45) is 0.898. The van der Waals surface area contributed by atoms with E-state index in [-0.39, 0.29) is 25.6 Å². The predicted molar refractivity (Wildman–Crippen MR) is 141 cm³/mol. The van der Waals surface area contributed by atoms with Gasteiger partial charge in [-0.15, -0.1) is 0 Å². The third kappa shape index (κ3) is 9.53. The maximum Gasteiger partial charge on any atom is 0.305 e. The van der Waals surface area contributed by atoms with Crippen molar-refractivity contribution in [2.24, 2.45) is 0 Å². The van der Waals surface area contributed by atoms with Crippen LogP contribution in [0.5, 0.6) is 5.75 Å². The first-order valence-corrected chi connectivity index (χ1v) is 14.8. The van der Waals surface area contributed by atoms with E-state index in [0.717, 1.165) is 16.9 Å². The molecule has 0 bridgehead atoms. The molecule has 0 saturated heterocycles. The number of carbonyl (C=O) groups is 1. The summed E-state index contributed by atoms with van der Waals surface area (Å²) in [4.78, 5) is 11.8. The zero-order valence-electron chi connectivity index (χ0n) is 21.3. The van der Waals surface area contributed by atoms with Crippen LogP contribution in [0.3, 0.4) is 0 Å². The summed E-state index contributed by atoms with van der Waals surface area (Å²) in [7, 11) is -3.53. The lowest BCUT2D eigenvalue weighted by Crippen LogP contribution is -2.40. The standard InChI is InChI=1S/C26H38NO6PS/c1-6-33-34(29,24(16-17-25(28)31-5)27-35(30)26(2,3)4)19-18-22-14-10-11-15-23(22)32-20-21-12-8-7-9-13-21/h7-15,24,27H,6,16-20H2,1-5H3. The smallest absolute Gasteiger partial charge is 0.305 e. The van der Waals surface area contributed by atoms with Crippen LogP contribution in [0.4, 0.5) is 0 Å². The average molecular weight is 524 g/mol. The van der Waals surface area contributed by atoms with E-state index >= 15 is 0 Å². The molecule has 0 heterocycles. The lowest BCUT2D eigenvalue weighted by Gasteiger charge is -2.30. The van der Waals surface area contributed by atoms with Gasteiger partial charge < -0.3 is 14.0 Å². The number of para-hydroxylation sites is 1. The van der Waals surface area contributed by atoms with Gasteiger partial charge in [-0.05, 0) is 57.7 Å². The summed E-state index contributed by atoms with van der Waals surface area (Å²) in [5.41, 5.74) is 1.96. The summed E-state index contributed by atoms with van der Waals surface area (Å²) in [6.45, 7) is 7.94. The number of nitrogens with one attached hydrogen (secondary N) is 1. The molecule has 0 aliphatic carbocycles. The lowest BCUT2D eigenvalue weighted by atomic mass is 10.1. The second kappa shape index (κ2) is 13.9. The zero-order valence-corrected chi connectivity index (χ0v) is 23.0. The van der Waals surface area contributed by atoms with Gasteiger partial charge in [0.05, 0.1) is 35.2 Å². The molecule has 2 rings (SSSR count). The van der Waals surface area contributed by atoms with Gasteiger partial charge >= 0.3 is 5.97 Å². The van der Waals surface area contributed by atoms with Gasteiger partial charge in [-0.1, -0.05) is 48.5 Å². The Morgan fingerprint density at radius 2 is 1.74 bits per heavy atom. The maximum atomic E-state index is 14.1. The zero-order chi connectivity index (χ0) is 25.9. The number of carbonyl (C=O) groups excluding carboxylic acids is 1. The van der Waals surface area contributed by atoms with Crippen LogP contribution in [0, 0.1) is 0 Å². The van der Waals surface area contributed by atoms with Gasteiger partial charge in [-0.2, -0.15) is 0 Å². The molecule has 3 atom stereocenters. The number of hydrogen-bond acceptors (Lipinski definition) is 6. The normalized spacial score (nSPS) is 15.1. The Kier molecular flexibility index (Phi) is 11.6. The van der Waals surface area contributed by atoms with Gasteiger partial charge in [-0.25, -0.2) is 8.93 Å². The first-order chi connectivity index (χ1) is 16.6. The Hall–Kier alpha value is -1.99. The van der Waals surface area contributed by atoms with Crippen LogP contribution >= 0.6 is 7.37 Å². The first-order valence-electron chi connectivity index (χ1n) is 11.8. The van der Waals surface area contributed by atoms with Crippen molar-refractivity contribution in [3.8, 4) is 5.75 Å². The molecule has 0 aliphatic rings. The number of aryl methyl sites for hydroxylation is 1. The fraction of sp³-hybridized carbons (Fsp3) is 0.500. The molecule has 2 aromatic carbocycles. The minimum absolute atomic E-state index is 0.0450. The van der Waals surface area contributed by atoms with Gasteiger partial charge in [0.2, 0.25) is 7.37 Å². The molecule has 0 aliphatic heterocycles. The predicted octanol–water partition coefficient (Wildman–Crippen LogP) is 5.45. The van der Waals surface area contributed by atoms with Crippen LogP contribution in [0.1, 0.15) is 51.7 Å². The SMILES string of the molecule is CCOP(=O)(CCc1ccccc1OCc1ccccc1)C(CCC(=O)OC)NS(=O)C(C)(C)C. The molecule has 9 heteroatoms. The monoisotopic (exact) mass is 523 g/mol. The van der Waals surface area contributed by atoms with Crippen LogP contribution < -0.4 is 9.46 Å². The number of rotatable bonds is 14. The van der Waals surface area contributed by atoms with Crippen molar-refractivity contribution in [3.63, 3.8) is 0 Å². The number of hydrogen-bond donors (Lipinski definition) is 1. The summed E-state index contributed by atoms with van der Waals surface area (Å²) in [5.74, 6) is -0.447. The van der Waals surface area contributed by atoms with E-state index < -0.39 is 34.9 Å².